The Labute approximate surface area is 215 Å². The zero-order valence-electron chi connectivity index (χ0n) is 19.5. The third-order valence-electron chi connectivity index (χ3n) is 5.85. The molecule has 0 radical (unpaired) electrons. The molecule has 2 N–H and O–H groups in total. The van der Waals surface area contributed by atoms with E-state index in [2.05, 4.69) is 27.2 Å². The number of benzene rings is 1. The number of rotatable bonds is 8. The fourth-order valence-corrected chi connectivity index (χ4v) is 5.89. The van der Waals surface area contributed by atoms with Crippen LogP contribution < -0.4 is 15.5 Å². The SMILES string of the molecule is C=CC(N1CCN(c2ncccc2Cl)CC1)S(=O)(=O)c1ccc(NC(=O)NCc2cccnc2)cc1. The Bertz CT molecular complexity index is 1300. The van der Waals surface area contributed by atoms with Gasteiger partial charge in [0, 0.05) is 57.0 Å². The highest BCUT2D eigenvalue weighted by molar-refractivity contribution is 7.92. The molecule has 1 unspecified atom stereocenters. The first-order valence-electron chi connectivity index (χ1n) is 11.4. The molecule has 1 saturated heterocycles. The van der Waals surface area contributed by atoms with Gasteiger partial charge in [-0.15, -0.1) is 6.58 Å². The number of carbonyl (C=O) groups excluding carboxylic acids is 1. The quantitative estimate of drug-likeness (QED) is 0.432. The van der Waals surface area contributed by atoms with Crippen LogP contribution in [0, 0.1) is 0 Å². The second kappa shape index (κ2) is 11.5. The molecular formula is C25H27ClN6O3S. The largest absolute Gasteiger partial charge is 0.353 e. The molecule has 36 heavy (non-hydrogen) atoms. The third-order valence-corrected chi connectivity index (χ3v) is 8.20. The smallest absolute Gasteiger partial charge is 0.319 e. The normalized spacial score (nSPS) is 15.2. The molecule has 0 spiro atoms. The first-order chi connectivity index (χ1) is 17.4. The number of urea groups is 1. The summed E-state index contributed by atoms with van der Waals surface area (Å²) >= 11 is 6.26. The highest BCUT2D eigenvalue weighted by Crippen LogP contribution is 2.26. The summed E-state index contributed by atoms with van der Waals surface area (Å²) in [5.41, 5.74) is 1.35. The van der Waals surface area contributed by atoms with Crippen LogP contribution >= 0.6 is 11.6 Å². The van der Waals surface area contributed by atoms with Crippen LogP contribution in [0.25, 0.3) is 0 Å². The lowest BCUT2D eigenvalue weighted by Gasteiger charge is -2.38. The molecule has 1 atom stereocenters. The summed E-state index contributed by atoms with van der Waals surface area (Å²) in [4.78, 5) is 24.6. The van der Waals surface area contributed by atoms with Gasteiger partial charge in [0.25, 0.3) is 0 Å². The molecule has 0 bridgehead atoms. The number of pyridine rings is 2. The molecular weight excluding hydrogens is 500 g/mol. The second-order valence-corrected chi connectivity index (χ2v) is 10.6. The molecule has 0 aliphatic carbocycles. The summed E-state index contributed by atoms with van der Waals surface area (Å²) in [6.45, 7) is 6.32. The van der Waals surface area contributed by atoms with Gasteiger partial charge in [0.15, 0.2) is 9.84 Å². The van der Waals surface area contributed by atoms with Crippen molar-refractivity contribution in [3.05, 3.63) is 90.4 Å². The summed E-state index contributed by atoms with van der Waals surface area (Å²) in [6, 6.07) is 12.9. The molecule has 11 heteroatoms. The van der Waals surface area contributed by atoms with Crippen LogP contribution in [0.4, 0.5) is 16.3 Å². The lowest BCUT2D eigenvalue weighted by molar-refractivity contribution is 0.251. The summed E-state index contributed by atoms with van der Waals surface area (Å²) < 4.78 is 26.8. The topological polar surface area (TPSA) is 108 Å². The van der Waals surface area contributed by atoms with Gasteiger partial charge in [-0.25, -0.2) is 18.2 Å². The summed E-state index contributed by atoms with van der Waals surface area (Å²) in [5, 5.41) is 5.13. The molecule has 1 fully saturated rings. The van der Waals surface area contributed by atoms with Gasteiger partial charge >= 0.3 is 6.03 Å². The molecule has 3 heterocycles. The van der Waals surface area contributed by atoms with Crippen LogP contribution in [-0.4, -0.2) is 60.9 Å². The van der Waals surface area contributed by atoms with Crippen molar-refractivity contribution in [1.82, 2.24) is 20.2 Å². The maximum absolute atomic E-state index is 13.4. The molecule has 4 rings (SSSR count). The van der Waals surface area contributed by atoms with E-state index in [-0.39, 0.29) is 4.90 Å². The van der Waals surface area contributed by atoms with Crippen molar-refractivity contribution in [2.75, 3.05) is 36.4 Å². The van der Waals surface area contributed by atoms with Crippen LogP contribution in [0.5, 0.6) is 0 Å². The lowest BCUT2D eigenvalue weighted by Crippen LogP contribution is -2.52. The zero-order valence-corrected chi connectivity index (χ0v) is 21.1. The van der Waals surface area contributed by atoms with Crippen LogP contribution in [0.15, 0.2) is 84.7 Å². The second-order valence-electron chi connectivity index (χ2n) is 8.20. The van der Waals surface area contributed by atoms with Gasteiger partial charge in [-0.1, -0.05) is 23.7 Å². The minimum Gasteiger partial charge on any atom is -0.353 e. The highest BCUT2D eigenvalue weighted by atomic mass is 35.5. The number of hydrogen-bond acceptors (Lipinski definition) is 7. The van der Waals surface area contributed by atoms with Gasteiger partial charge in [0.05, 0.1) is 9.92 Å². The molecule has 1 aromatic carbocycles. The number of aromatic nitrogens is 2. The number of anilines is 2. The van der Waals surface area contributed by atoms with Crippen molar-refractivity contribution < 1.29 is 13.2 Å². The van der Waals surface area contributed by atoms with Crippen molar-refractivity contribution in [3.63, 3.8) is 0 Å². The zero-order chi connectivity index (χ0) is 25.5. The molecule has 188 valence electrons. The minimum absolute atomic E-state index is 0.156. The predicted molar refractivity (Wildman–Crippen MR) is 141 cm³/mol. The highest BCUT2D eigenvalue weighted by Gasteiger charge is 2.33. The molecule has 3 aromatic rings. The average molecular weight is 527 g/mol. The molecule has 2 amide bonds. The summed E-state index contributed by atoms with van der Waals surface area (Å²) in [6.07, 6.45) is 6.47. The van der Waals surface area contributed by atoms with Crippen molar-refractivity contribution in [1.29, 1.82) is 0 Å². The van der Waals surface area contributed by atoms with Gasteiger partial charge in [-0.05, 0) is 48.0 Å². The van der Waals surface area contributed by atoms with E-state index in [1.807, 2.05) is 15.9 Å². The number of piperazine rings is 1. The van der Waals surface area contributed by atoms with E-state index in [4.69, 9.17) is 11.6 Å². The van der Waals surface area contributed by atoms with Crippen molar-refractivity contribution in [2.45, 2.75) is 16.8 Å². The Hall–Kier alpha value is -3.47. The summed E-state index contributed by atoms with van der Waals surface area (Å²) in [7, 11) is -3.72. The van der Waals surface area contributed by atoms with Gasteiger partial charge in [0.2, 0.25) is 0 Å². The fraction of sp³-hybridized carbons (Fsp3) is 0.240. The Morgan fingerprint density at radius 2 is 1.81 bits per heavy atom. The van der Waals surface area contributed by atoms with Crippen LogP contribution in [0.3, 0.4) is 0 Å². The Kier molecular flexibility index (Phi) is 8.19. The van der Waals surface area contributed by atoms with Crippen molar-refractivity contribution in [3.8, 4) is 0 Å². The number of sulfone groups is 1. The van der Waals surface area contributed by atoms with Gasteiger partial charge in [-0.3, -0.25) is 9.88 Å². The summed E-state index contributed by atoms with van der Waals surface area (Å²) in [5.74, 6) is 0.699. The lowest BCUT2D eigenvalue weighted by atomic mass is 10.3. The molecule has 1 aliphatic heterocycles. The number of halogens is 1. The van der Waals surface area contributed by atoms with E-state index < -0.39 is 21.2 Å². The van der Waals surface area contributed by atoms with Gasteiger partial charge in [0.1, 0.15) is 11.2 Å². The first-order valence-corrected chi connectivity index (χ1v) is 13.3. The first kappa shape index (κ1) is 25.6. The van der Waals surface area contributed by atoms with E-state index in [1.165, 1.54) is 18.2 Å². The van der Waals surface area contributed by atoms with E-state index in [1.54, 1.807) is 48.9 Å². The van der Waals surface area contributed by atoms with E-state index in [9.17, 15) is 13.2 Å². The van der Waals surface area contributed by atoms with Gasteiger partial charge < -0.3 is 15.5 Å². The maximum atomic E-state index is 13.4. The van der Waals surface area contributed by atoms with Crippen molar-refractivity contribution >= 4 is 39.0 Å². The van der Waals surface area contributed by atoms with Crippen LogP contribution in [-0.2, 0) is 16.4 Å². The van der Waals surface area contributed by atoms with E-state index in [0.29, 0.717) is 49.3 Å². The monoisotopic (exact) mass is 526 g/mol. The Morgan fingerprint density at radius 3 is 2.44 bits per heavy atom. The average Bonchev–Trinajstić information content (AvgIpc) is 2.89. The Morgan fingerprint density at radius 1 is 1.08 bits per heavy atom. The van der Waals surface area contributed by atoms with Crippen LogP contribution in [0.1, 0.15) is 5.56 Å². The Balaban J connectivity index is 1.36. The predicted octanol–water partition coefficient (Wildman–Crippen LogP) is 3.56. The third kappa shape index (κ3) is 6.01. The minimum atomic E-state index is -3.72. The number of nitrogens with zero attached hydrogens (tertiary/aromatic N) is 4. The number of carbonyl (C=O) groups is 1. The van der Waals surface area contributed by atoms with Crippen LogP contribution in [0.2, 0.25) is 5.02 Å². The van der Waals surface area contributed by atoms with Crippen molar-refractivity contribution in [2.24, 2.45) is 0 Å². The van der Waals surface area contributed by atoms with E-state index in [0.717, 1.165) is 5.56 Å². The number of amides is 2. The molecule has 1 aliphatic rings. The fourth-order valence-electron chi connectivity index (χ4n) is 4.00. The van der Waals surface area contributed by atoms with E-state index >= 15 is 0 Å². The molecule has 0 saturated carbocycles. The maximum Gasteiger partial charge on any atom is 0.319 e. The number of hydrogen-bond donors (Lipinski definition) is 2. The number of nitrogens with one attached hydrogen (secondary N) is 2. The standard InChI is InChI=1S/C25H27ClN6O3S/c1-2-23(31-13-15-32(16-14-31)24-22(26)6-4-12-28-24)36(34,35)21-9-7-20(8-10-21)30-25(33)29-18-19-5-3-11-27-17-19/h2-12,17,23H,1,13-16,18H2,(H2,29,30,33). The molecule has 2 aromatic heterocycles. The van der Waals surface area contributed by atoms with Gasteiger partial charge in [-0.2, -0.15) is 0 Å². The molecule has 9 nitrogen and oxygen atoms in total.